The molecule has 1 N–H and O–H groups in total. The van der Waals surface area contributed by atoms with Gasteiger partial charge in [0.25, 0.3) is 5.56 Å². The van der Waals surface area contributed by atoms with Gasteiger partial charge in [-0.3, -0.25) is 9.36 Å². The number of ether oxygens (including phenoxy) is 3. The van der Waals surface area contributed by atoms with Gasteiger partial charge in [-0.15, -0.1) is 0 Å². The standard InChI is InChI=1S/C27H35N3O6Si/c1-16(2)23(27(32)33)30-24-17-8-9-29(15-36-10-11-37(5,6)7)25(17)28-14-20(24)18-12-21(34-3)22(35-4)13-19(18)26(30)31/h8-9,12-14,16,23H,10-11,15H2,1-7H3,(H,32,33)/t23-/m1/s1. The van der Waals surface area contributed by atoms with Gasteiger partial charge in [-0.25, -0.2) is 9.78 Å². The second-order valence-electron chi connectivity index (χ2n) is 10.8. The van der Waals surface area contributed by atoms with E-state index in [0.717, 1.165) is 6.04 Å². The highest BCUT2D eigenvalue weighted by atomic mass is 28.3. The molecule has 0 amide bonds. The van der Waals surface area contributed by atoms with Crippen molar-refractivity contribution in [1.29, 1.82) is 0 Å². The highest BCUT2D eigenvalue weighted by Gasteiger charge is 2.29. The molecule has 3 aromatic heterocycles. The Hall–Kier alpha value is -3.37. The molecule has 1 atom stereocenters. The second kappa shape index (κ2) is 10.2. The fourth-order valence-electron chi connectivity index (χ4n) is 4.70. The largest absolute Gasteiger partial charge is 0.493 e. The smallest absolute Gasteiger partial charge is 0.327 e. The topological polar surface area (TPSA) is 105 Å². The summed E-state index contributed by atoms with van der Waals surface area (Å²) in [5.41, 5.74) is 0.745. The molecule has 0 aliphatic rings. The Kier molecular flexibility index (Phi) is 7.34. The van der Waals surface area contributed by atoms with Crippen LogP contribution < -0.4 is 15.0 Å². The van der Waals surface area contributed by atoms with E-state index in [2.05, 4.69) is 19.6 Å². The maximum absolute atomic E-state index is 14.0. The average Bonchev–Trinajstić information content (AvgIpc) is 3.25. The van der Waals surface area contributed by atoms with Crippen molar-refractivity contribution in [2.24, 2.45) is 5.92 Å². The average molecular weight is 526 g/mol. The van der Waals surface area contributed by atoms with Crippen molar-refractivity contribution in [2.45, 2.75) is 52.3 Å². The first-order valence-electron chi connectivity index (χ1n) is 12.4. The Labute approximate surface area is 216 Å². The second-order valence-corrected chi connectivity index (χ2v) is 16.5. The number of hydrogen-bond acceptors (Lipinski definition) is 6. The maximum atomic E-state index is 14.0. The van der Waals surface area contributed by atoms with Gasteiger partial charge in [-0.1, -0.05) is 33.5 Å². The number of hydrogen-bond donors (Lipinski definition) is 1. The van der Waals surface area contributed by atoms with E-state index in [4.69, 9.17) is 19.2 Å². The summed E-state index contributed by atoms with van der Waals surface area (Å²) in [5.74, 6) is -0.547. The number of carboxylic acid groups (broad SMARTS) is 1. The predicted octanol–water partition coefficient (Wildman–Crippen LogP) is 5.12. The molecule has 10 heteroatoms. The van der Waals surface area contributed by atoms with Gasteiger partial charge in [0, 0.05) is 43.2 Å². The van der Waals surface area contributed by atoms with Crippen molar-refractivity contribution >= 4 is 46.8 Å². The van der Waals surface area contributed by atoms with E-state index < -0.39 is 25.6 Å². The number of nitrogens with zero attached hydrogens (tertiary/aromatic N) is 3. The molecule has 9 nitrogen and oxygen atoms in total. The fourth-order valence-corrected chi connectivity index (χ4v) is 5.45. The molecule has 3 heterocycles. The lowest BCUT2D eigenvalue weighted by molar-refractivity contribution is -0.142. The number of rotatable bonds is 10. The number of aromatic nitrogens is 3. The molecule has 4 rings (SSSR count). The normalized spacial score (nSPS) is 13.1. The van der Waals surface area contributed by atoms with Crippen molar-refractivity contribution in [2.75, 3.05) is 20.8 Å². The van der Waals surface area contributed by atoms with Crippen LogP contribution >= 0.6 is 0 Å². The van der Waals surface area contributed by atoms with Gasteiger partial charge in [0.2, 0.25) is 0 Å². The van der Waals surface area contributed by atoms with E-state index in [1.165, 1.54) is 18.8 Å². The molecule has 0 radical (unpaired) electrons. The summed E-state index contributed by atoms with van der Waals surface area (Å²) in [7, 11) is 1.81. The molecule has 0 fully saturated rings. The quantitative estimate of drug-likeness (QED) is 0.174. The monoisotopic (exact) mass is 525 g/mol. The summed E-state index contributed by atoms with van der Waals surface area (Å²) in [6.45, 7) is 11.5. The van der Waals surface area contributed by atoms with Gasteiger partial charge in [0.05, 0.1) is 25.1 Å². The Morgan fingerprint density at radius 3 is 2.27 bits per heavy atom. The third-order valence-corrected chi connectivity index (χ3v) is 8.36. The van der Waals surface area contributed by atoms with Crippen molar-refractivity contribution in [3.05, 3.63) is 40.9 Å². The zero-order valence-electron chi connectivity index (χ0n) is 22.5. The van der Waals surface area contributed by atoms with Crippen LogP contribution in [0.3, 0.4) is 0 Å². The van der Waals surface area contributed by atoms with Crippen molar-refractivity contribution < 1.29 is 24.1 Å². The molecule has 198 valence electrons. The van der Waals surface area contributed by atoms with Gasteiger partial charge in [0.1, 0.15) is 18.4 Å². The first kappa shape index (κ1) is 26.7. The molecule has 0 spiro atoms. The van der Waals surface area contributed by atoms with E-state index in [1.54, 1.807) is 32.2 Å². The van der Waals surface area contributed by atoms with Crippen LogP contribution in [0.4, 0.5) is 0 Å². The van der Waals surface area contributed by atoms with Crippen molar-refractivity contribution in [1.82, 2.24) is 14.1 Å². The van der Waals surface area contributed by atoms with Crippen LogP contribution in [0, 0.1) is 5.92 Å². The molecule has 0 saturated heterocycles. The van der Waals surface area contributed by atoms with E-state index in [0.29, 0.717) is 57.5 Å². The van der Waals surface area contributed by atoms with E-state index >= 15 is 0 Å². The minimum atomic E-state index is -1.22. The summed E-state index contributed by atoms with van der Waals surface area (Å²) in [5, 5.41) is 12.5. The van der Waals surface area contributed by atoms with E-state index in [-0.39, 0.29) is 5.92 Å². The third-order valence-electron chi connectivity index (χ3n) is 6.65. The highest BCUT2D eigenvalue weighted by Crippen LogP contribution is 2.37. The van der Waals surface area contributed by atoms with E-state index in [1.807, 2.05) is 16.8 Å². The lowest BCUT2D eigenvalue weighted by Gasteiger charge is -2.23. The first-order chi connectivity index (χ1) is 17.5. The third kappa shape index (κ3) is 4.95. The van der Waals surface area contributed by atoms with Crippen LogP contribution in [-0.2, 0) is 16.3 Å². The summed E-state index contributed by atoms with van der Waals surface area (Å²) >= 11 is 0. The SMILES string of the molecule is COc1cc2c(=O)n([C@@H](C(=O)O)C(C)C)c3c(cnc4c3ccn4COCC[Si](C)(C)C)c2cc1OC. The lowest BCUT2D eigenvalue weighted by atomic mass is 10.00. The Balaban J connectivity index is 2.02. The van der Waals surface area contributed by atoms with Gasteiger partial charge in [0.15, 0.2) is 11.5 Å². The van der Waals surface area contributed by atoms with Crippen molar-refractivity contribution in [3.8, 4) is 11.5 Å². The van der Waals surface area contributed by atoms with Gasteiger partial charge in [-0.2, -0.15) is 0 Å². The maximum Gasteiger partial charge on any atom is 0.327 e. The number of aliphatic carboxylic acids is 1. The zero-order chi connectivity index (χ0) is 27.1. The molecule has 0 unspecified atom stereocenters. The Morgan fingerprint density at radius 1 is 1.05 bits per heavy atom. The number of pyridine rings is 2. The molecular weight excluding hydrogens is 490 g/mol. The zero-order valence-corrected chi connectivity index (χ0v) is 23.5. The van der Waals surface area contributed by atoms with Gasteiger partial charge >= 0.3 is 5.97 Å². The number of carboxylic acids is 1. The van der Waals surface area contributed by atoms with Crippen molar-refractivity contribution in [3.63, 3.8) is 0 Å². The Morgan fingerprint density at radius 2 is 1.70 bits per heavy atom. The molecule has 37 heavy (non-hydrogen) atoms. The molecule has 0 aliphatic heterocycles. The van der Waals surface area contributed by atoms with Gasteiger partial charge in [-0.05, 0) is 30.2 Å². The summed E-state index contributed by atoms with van der Waals surface area (Å²) in [6, 6.07) is 5.20. The van der Waals surface area contributed by atoms with Gasteiger partial charge < -0.3 is 23.9 Å². The highest BCUT2D eigenvalue weighted by molar-refractivity contribution is 6.76. The number of methoxy groups -OCH3 is 2. The number of carbonyl (C=O) groups is 1. The Bertz CT molecular complexity index is 1530. The fraction of sp³-hybridized carbons (Fsp3) is 0.444. The van der Waals surface area contributed by atoms with Crippen LogP contribution in [0.1, 0.15) is 19.9 Å². The molecule has 0 saturated carbocycles. The first-order valence-corrected chi connectivity index (χ1v) is 16.1. The number of fused-ring (bicyclic) bond motifs is 5. The molecule has 4 aromatic rings. The van der Waals surface area contributed by atoms with Crippen LogP contribution in [0.5, 0.6) is 11.5 Å². The van der Waals surface area contributed by atoms with Crippen LogP contribution in [0.2, 0.25) is 25.7 Å². The minimum Gasteiger partial charge on any atom is -0.493 e. The molecule has 0 aliphatic carbocycles. The van der Waals surface area contributed by atoms with Crippen LogP contribution in [-0.4, -0.2) is 54.1 Å². The minimum absolute atomic E-state index is 0.321. The molecule has 1 aromatic carbocycles. The number of benzene rings is 1. The van der Waals surface area contributed by atoms with Crippen LogP contribution in [0.25, 0.3) is 32.7 Å². The molecule has 0 bridgehead atoms. The lowest BCUT2D eigenvalue weighted by Crippen LogP contribution is -2.33. The summed E-state index contributed by atoms with van der Waals surface area (Å²) in [6.07, 6.45) is 3.56. The summed E-state index contributed by atoms with van der Waals surface area (Å²) in [4.78, 5) is 31.1. The van der Waals surface area contributed by atoms with Crippen LogP contribution in [0.15, 0.2) is 35.4 Å². The molecular formula is C27H35N3O6Si. The van der Waals surface area contributed by atoms with E-state index in [9.17, 15) is 14.7 Å². The summed E-state index contributed by atoms with van der Waals surface area (Å²) < 4.78 is 20.1. The predicted molar refractivity (Wildman–Crippen MR) is 148 cm³/mol.